The van der Waals surface area contributed by atoms with Gasteiger partial charge in [0.05, 0.1) is 11.8 Å². The molecule has 8 heteroatoms. The molecule has 0 spiro atoms. The van der Waals surface area contributed by atoms with Gasteiger partial charge in [0, 0.05) is 11.3 Å². The predicted octanol–water partition coefficient (Wildman–Crippen LogP) is 2.32. The standard InChI is InChI=1S/C22H26N2O6/c1-12(24-20(27)17-6-4-5-7-18(17)21(24)28)22(29)30-14(3)19(26)23-16-10-8-15(9-11-16)13(2)25/h8-12,14,17-18H,4-7H2,1-3H3,(H,23,26)/t12-,14-,17-,18-/m0/s1. The number of esters is 1. The Kier molecular flexibility index (Phi) is 6.34. The quantitative estimate of drug-likeness (QED) is 0.435. The van der Waals surface area contributed by atoms with Crippen LogP contribution in [0.2, 0.25) is 0 Å². The molecule has 0 radical (unpaired) electrons. The summed E-state index contributed by atoms with van der Waals surface area (Å²) < 4.78 is 5.22. The van der Waals surface area contributed by atoms with Crippen LogP contribution in [-0.4, -0.2) is 46.5 Å². The Balaban J connectivity index is 1.59. The van der Waals surface area contributed by atoms with Crippen LogP contribution in [0.4, 0.5) is 5.69 Å². The van der Waals surface area contributed by atoms with E-state index >= 15 is 0 Å². The van der Waals surface area contributed by atoms with E-state index in [-0.39, 0.29) is 29.4 Å². The van der Waals surface area contributed by atoms with Crippen LogP contribution in [-0.2, 0) is 23.9 Å². The fourth-order valence-electron chi connectivity index (χ4n) is 4.03. The highest BCUT2D eigenvalue weighted by Gasteiger charge is 2.51. The van der Waals surface area contributed by atoms with Crippen LogP contribution in [0.5, 0.6) is 0 Å². The molecule has 2 aliphatic rings. The number of Topliss-reactive ketones (excluding diaryl/α,β-unsaturated/α-hetero) is 1. The summed E-state index contributed by atoms with van der Waals surface area (Å²) in [6, 6.07) is 5.24. The Bertz CT molecular complexity index is 854. The molecule has 1 saturated carbocycles. The second kappa shape index (κ2) is 8.77. The molecule has 1 aliphatic heterocycles. The minimum atomic E-state index is -1.12. The van der Waals surface area contributed by atoms with E-state index in [1.54, 1.807) is 24.3 Å². The molecule has 0 bridgehead atoms. The summed E-state index contributed by atoms with van der Waals surface area (Å²) in [5.41, 5.74) is 0.969. The number of hydrogen-bond acceptors (Lipinski definition) is 6. The van der Waals surface area contributed by atoms with Crippen LogP contribution in [0.15, 0.2) is 24.3 Å². The number of imide groups is 1. The van der Waals surface area contributed by atoms with Gasteiger partial charge in [-0.05, 0) is 57.9 Å². The molecule has 3 rings (SSSR count). The third-order valence-electron chi connectivity index (χ3n) is 5.82. The monoisotopic (exact) mass is 414 g/mol. The lowest BCUT2D eigenvalue weighted by atomic mass is 9.81. The van der Waals surface area contributed by atoms with Crippen molar-refractivity contribution in [3.05, 3.63) is 29.8 Å². The van der Waals surface area contributed by atoms with E-state index in [0.29, 0.717) is 24.1 Å². The molecule has 2 fully saturated rings. The molecular formula is C22H26N2O6. The number of nitrogens with zero attached hydrogens (tertiary/aromatic N) is 1. The van der Waals surface area contributed by atoms with Crippen molar-refractivity contribution in [2.24, 2.45) is 11.8 Å². The fourth-order valence-corrected chi connectivity index (χ4v) is 4.03. The van der Waals surface area contributed by atoms with Gasteiger partial charge in [0.1, 0.15) is 6.04 Å². The normalized spacial score (nSPS) is 22.8. The topological polar surface area (TPSA) is 110 Å². The molecule has 3 amide bonds. The third kappa shape index (κ3) is 4.27. The molecule has 1 aromatic carbocycles. The van der Waals surface area contributed by atoms with Crippen molar-refractivity contribution in [3.8, 4) is 0 Å². The first-order valence-electron chi connectivity index (χ1n) is 10.2. The number of fused-ring (bicyclic) bond motifs is 1. The SMILES string of the molecule is CC(=O)c1ccc(NC(=O)[C@H](C)OC(=O)[C@H](C)N2C(=O)[C@H]3CCCC[C@@H]3C2=O)cc1. The van der Waals surface area contributed by atoms with Gasteiger partial charge in [0.15, 0.2) is 11.9 Å². The third-order valence-corrected chi connectivity index (χ3v) is 5.82. The van der Waals surface area contributed by atoms with Gasteiger partial charge in [-0.2, -0.15) is 0 Å². The van der Waals surface area contributed by atoms with Crippen molar-refractivity contribution in [2.75, 3.05) is 5.32 Å². The average Bonchev–Trinajstić information content (AvgIpc) is 2.98. The number of ketones is 1. The maximum atomic E-state index is 12.6. The smallest absolute Gasteiger partial charge is 0.329 e. The maximum absolute atomic E-state index is 12.6. The van der Waals surface area contributed by atoms with E-state index in [1.807, 2.05) is 0 Å². The van der Waals surface area contributed by atoms with Gasteiger partial charge in [-0.1, -0.05) is 12.8 Å². The number of benzene rings is 1. The van der Waals surface area contributed by atoms with Crippen LogP contribution < -0.4 is 5.32 Å². The van der Waals surface area contributed by atoms with Crippen molar-refractivity contribution in [2.45, 2.75) is 58.6 Å². The molecule has 0 aromatic heterocycles. The Morgan fingerprint density at radius 2 is 1.53 bits per heavy atom. The number of ether oxygens (including phenoxy) is 1. The molecule has 30 heavy (non-hydrogen) atoms. The van der Waals surface area contributed by atoms with Gasteiger partial charge >= 0.3 is 5.97 Å². The molecule has 1 aliphatic carbocycles. The number of anilines is 1. The number of amides is 3. The molecule has 1 heterocycles. The summed E-state index contributed by atoms with van der Waals surface area (Å²) in [4.78, 5) is 62.4. The van der Waals surface area contributed by atoms with Gasteiger partial charge in [0.2, 0.25) is 11.8 Å². The summed E-state index contributed by atoms with van der Waals surface area (Å²) in [5.74, 6) is -2.78. The molecular weight excluding hydrogens is 388 g/mol. The van der Waals surface area contributed by atoms with Crippen molar-refractivity contribution in [1.29, 1.82) is 0 Å². The van der Waals surface area contributed by atoms with Gasteiger partial charge in [-0.25, -0.2) is 4.79 Å². The summed E-state index contributed by atoms with van der Waals surface area (Å²) >= 11 is 0. The van der Waals surface area contributed by atoms with Crippen molar-refractivity contribution < 1.29 is 28.7 Å². The first-order valence-corrected chi connectivity index (χ1v) is 10.2. The Morgan fingerprint density at radius 1 is 1.00 bits per heavy atom. The minimum absolute atomic E-state index is 0.0880. The van der Waals surface area contributed by atoms with Crippen LogP contribution in [0.3, 0.4) is 0 Å². The number of nitrogens with one attached hydrogen (secondary N) is 1. The zero-order valence-corrected chi connectivity index (χ0v) is 17.3. The number of carbonyl (C=O) groups is 5. The largest absolute Gasteiger partial charge is 0.451 e. The number of carbonyl (C=O) groups excluding carboxylic acids is 5. The van der Waals surface area contributed by atoms with E-state index in [4.69, 9.17) is 4.74 Å². The maximum Gasteiger partial charge on any atom is 0.329 e. The zero-order valence-electron chi connectivity index (χ0n) is 17.3. The second-order valence-corrected chi connectivity index (χ2v) is 7.92. The summed E-state index contributed by atoms with van der Waals surface area (Å²) in [6.07, 6.45) is 2.00. The van der Waals surface area contributed by atoms with Crippen molar-refractivity contribution in [1.82, 2.24) is 4.90 Å². The van der Waals surface area contributed by atoms with Gasteiger partial charge in [-0.15, -0.1) is 0 Å². The van der Waals surface area contributed by atoms with E-state index < -0.39 is 24.0 Å². The van der Waals surface area contributed by atoms with Gasteiger partial charge < -0.3 is 10.1 Å². The van der Waals surface area contributed by atoms with E-state index in [2.05, 4.69) is 5.32 Å². The highest BCUT2D eigenvalue weighted by atomic mass is 16.5. The molecule has 4 atom stereocenters. The Morgan fingerprint density at radius 3 is 2.03 bits per heavy atom. The zero-order chi connectivity index (χ0) is 22.0. The first-order chi connectivity index (χ1) is 14.2. The van der Waals surface area contributed by atoms with Crippen molar-refractivity contribution in [3.63, 3.8) is 0 Å². The van der Waals surface area contributed by atoms with Crippen LogP contribution in [0, 0.1) is 11.8 Å². The predicted molar refractivity (Wildman–Crippen MR) is 107 cm³/mol. The minimum Gasteiger partial charge on any atom is -0.451 e. The number of likely N-dealkylation sites (tertiary alicyclic amines) is 1. The van der Waals surface area contributed by atoms with Crippen LogP contribution in [0.1, 0.15) is 56.8 Å². The molecule has 8 nitrogen and oxygen atoms in total. The van der Waals surface area contributed by atoms with Gasteiger partial charge in [0.25, 0.3) is 5.91 Å². The number of hydrogen-bond donors (Lipinski definition) is 1. The summed E-state index contributed by atoms with van der Waals surface area (Å²) in [6.45, 7) is 4.30. The van der Waals surface area contributed by atoms with E-state index in [0.717, 1.165) is 17.7 Å². The van der Waals surface area contributed by atoms with Gasteiger partial charge in [-0.3, -0.25) is 24.1 Å². The van der Waals surface area contributed by atoms with E-state index in [9.17, 15) is 24.0 Å². The average molecular weight is 414 g/mol. The summed E-state index contributed by atoms with van der Waals surface area (Å²) in [5, 5.41) is 2.60. The lowest BCUT2D eigenvalue weighted by molar-refractivity contribution is -0.163. The Hall–Kier alpha value is -3.03. The molecule has 1 aromatic rings. The lowest BCUT2D eigenvalue weighted by Gasteiger charge is -2.23. The summed E-state index contributed by atoms with van der Waals surface area (Å²) in [7, 11) is 0. The highest BCUT2D eigenvalue weighted by Crippen LogP contribution is 2.38. The Labute approximate surface area is 174 Å². The van der Waals surface area contributed by atoms with Crippen LogP contribution in [0.25, 0.3) is 0 Å². The highest BCUT2D eigenvalue weighted by molar-refractivity contribution is 6.08. The lowest BCUT2D eigenvalue weighted by Crippen LogP contribution is -2.46. The molecule has 0 unspecified atom stereocenters. The molecule has 1 saturated heterocycles. The molecule has 1 N–H and O–H groups in total. The fraction of sp³-hybridized carbons (Fsp3) is 0.500. The second-order valence-electron chi connectivity index (χ2n) is 7.92. The first kappa shape index (κ1) is 21.7. The van der Waals surface area contributed by atoms with Crippen LogP contribution >= 0.6 is 0 Å². The van der Waals surface area contributed by atoms with Crippen molar-refractivity contribution >= 4 is 35.2 Å². The van der Waals surface area contributed by atoms with E-state index in [1.165, 1.54) is 20.8 Å². The molecule has 160 valence electrons. The number of rotatable bonds is 6.